The number of Topliss-reactive ketones (excluding diaryl/α,β-unsaturated/α-hetero) is 1. The van der Waals surface area contributed by atoms with Gasteiger partial charge in [0.1, 0.15) is 34.7 Å². The van der Waals surface area contributed by atoms with Gasteiger partial charge in [-0.25, -0.2) is 4.79 Å². The van der Waals surface area contributed by atoms with E-state index in [1.807, 2.05) is 36.4 Å². The molecule has 0 amide bonds. The third-order valence-electron chi connectivity index (χ3n) is 9.69. The fourth-order valence-electron chi connectivity index (χ4n) is 7.54. The second kappa shape index (κ2) is 11.4. The van der Waals surface area contributed by atoms with Crippen molar-refractivity contribution >= 4 is 29.7 Å². The second-order valence-electron chi connectivity index (χ2n) is 12.4. The Bertz CT molecular complexity index is 1920. The Kier molecular flexibility index (Phi) is 7.44. The van der Waals surface area contributed by atoms with E-state index in [9.17, 15) is 24.6 Å². The molecule has 2 aromatic carbocycles. The highest BCUT2D eigenvalue weighted by Gasteiger charge is 2.51. The molecule has 2 aliphatic carbocycles. The molecule has 5 aliphatic rings. The molecule has 238 valence electrons. The minimum absolute atomic E-state index is 0.0149. The summed E-state index contributed by atoms with van der Waals surface area (Å²) in [5.41, 5.74) is 2.09. The quantitative estimate of drug-likeness (QED) is 0.282. The Hall–Kier alpha value is -4.54. The molecule has 0 unspecified atom stereocenters. The van der Waals surface area contributed by atoms with Crippen LogP contribution >= 0.6 is 0 Å². The zero-order valence-electron chi connectivity index (χ0n) is 25.9. The van der Waals surface area contributed by atoms with Crippen LogP contribution in [0.5, 0.6) is 17.2 Å². The number of esters is 1. The number of fused-ring (bicyclic) bond motifs is 5. The van der Waals surface area contributed by atoms with Gasteiger partial charge in [-0.1, -0.05) is 29.9 Å². The number of nitrogens with zero attached hydrogens (tertiary/aromatic N) is 1. The van der Waals surface area contributed by atoms with Crippen LogP contribution in [0.1, 0.15) is 73.6 Å². The first-order valence-corrected chi connectivity index (χ1v) is 15.6. The van der Waals surface area contributed by atoms with E-state index < -0.39 is 36.1 Å². The Labute approximate surface area is 265 Å². The minimum Gasteiger partial charge on any atom is -0.496 e. The number of hydrogen-bond acceptors (Lipinski definition) is 10. The maximum atomic E-state index is 13.4. The fourth-order valence-corrected chi connectivity index (χ4v) is 7.54. The van der Waals surface area contributed by atoms with Crippen LogP contribution in [-0.2, 0) is 25.7 Å². The van der Waals surface area contributed by atoms with E-state index in [1.54, 1.807) is 13.8 Å². The van der Waals surface area contributed by atoms with Crippen molar-refractivity contribution < 1.29 is 43.5 Å². The molecule has 0 bridgehead atoms. The average molecular weight is 626 g/mol. The number of aliphatic hydroxyl groups is 2. The Balaban J connectivity index is 1.49. The Morgan fingerprint density at radius 1 is 1.24 bits per heavy atom. The molecule has 2 aromatic rings. The summed E-state index contributed by atoms with van der Waals surface area (Å²) >= 11 is 0. The summed E-state index contributed by atoms with van der Waals surface area (Å²) in [7, 11) is 1.50. The predicted octanol–water partition coefficient (Wildman–Crippen LogP) is 2.86. The van der Waals surface area contributed by atoms with Crippen molar-refractivity contribution in [3.63, 3.8) is 0 Å². The highest BCUT2D eigenvalue weighted by atomic mass is 16.6. The SMILES string of the molecule is CCOC(=O)C1=C(C=O)/C(=C2/CCC(=O)[C@H](c3ccc4c(c3)=CCN=4)C2)c2c(c(CO)c3c(c2OC)[C@@H]2C=CC[C@@](C)(O)[C@H]2O3)O1. The van der Waals surface area contributed by atoms with E-state index in [1.165, 1.54) is 7.11 Å². The lowest BCUT2D eigenvalue weighted by molar-refractivity contribution is -0.141. The molecule has 0 aromatic heterocycles. The minimum atomic E-state index is -1.21. The molecule has 10 heteroatoms. The normalized spacial score (nSPS) is 27.3. The molecule has 3 aliphatic heterocycles. The monoisotopic (exact) mass is 625 g/mol. The molecular formula is C36H35NO9. The van der Waals surface area contributed by atoms with Gasteiger partial charge in [-0.05, 0) is 56.0 Å². The maximum absolute atomic E-state index is 13.4. The lowest BCUT2D eigenvalue weighted by Crippen LogP contribution is -2.45. The van der Waals surface area contributed by atoms with E-state index in [0.29, 0.717) is 60.3 Å². The molecule has 4 atom stereocenters. The fraction of sp³-hybridized carbons (Fsp3) is 0.389. The largest absolute Gasteiger partial charge is 0.496 e. The van der Waals surface area contributed by atoms with Crippen LogP contribution in [0.15, 0.2) is 52.2 Å². The van der Waals surface area contributed by atoms with Gasteiger partial charge in [0.25, 0.3) is 0 Å². The molecule has 0 radical (unpaired) electrons. The summed E-state index contributed by atoms with van der Waals surface area (Å²) in [5, 5.41) is 23.9. The zero-order valence-corrected chi connectivity index (χ0v) is 25.9. The van der Waals surface area contributed by atoms with E-state index in [-0.39, 0.29) is 41.5 Å². The van der Waals surface area contributed by atoms with Crippen molar-refractivity contribution in [2.45, 2.75) is 69.7 Å². The molecule has 0 saturated heterocycles. The lowest BCUT2D eigenvalue weighted by Gasteiger charge is -2.34. The van der Waals surface area contributed by atoms with Gasteiger partial charge >= 0.3 is 5.97 Å². The van der Waals surface area contributed by atoms with Crippen LogP contribution in [0, 0.1) is 0 Å². The van der Waals surface area contributed by atoms with Crippen molar-refractivity contribution in [3.05, 3.63) is 80.1 Å². The van der Waals surface area contributed by atoms with Gasteiger partial charge in [-0.15, -0.1) is 0 Å². The van der Waals surface area contributed by atoms with Crippen molar-refractivity contribution in [1.29, 1.82) is 0 Å². The Morgan fingerprint density at radius 2 is 2.07 bits per heavy atom. The number of carbonyl (C=O) groups excluding carboxylic acids is 3. The number of hydrogen-bond donors (Lipinski definition) is 2. The number of aliphatic hydroxyl groups excluding tert-OH is 1. The van der Waals surface area contributed by atoms with Gasteiger partial charge in [-0.2, -0.15) is 0 Å². The topological polar surface area (TPSA) is 141 Å². The number of ketones is 1. The first-order chi connectivity index (χ1) is 22.2. The summed E-state index contributed by atoms with van der Waals surface area (Å²) < 4.78 is 24.0. The van der Waals surface area contributed by atoms with Gasteiger partial charge in [0, 0.05) is 29.4 Å². The van der Waals surface area contributed by atoms with Crippen LogP contribution in [-0.4, -0.2) is 60.2 Å². The summed E-state index contributed by atoms with van der Waals surface area (Å²) in [6.45, 7) is 3.47. The third-order valence-corrected chi connectivity index (χ3v) is 9.69. The first kappa shape index (κ1) is 30.1. The smallest absolute Gasteiger partial charge is 0.375 e. The molecule has 46 heavy (non-hydrogen) atoms. The standard InChI is InChI=1S/C36H35NO9/c1-4-44-35(41)32-23(16-38)27(20-8-10-26(40)22(15-20)18-7-9-25-19(14-18)11-13-37-25)29-31(45-32)24(17-39)30-28(33(29)43-3)21-6-5-12-36(2,42)34(21)46-30/h5-7,9,11,14,16,21-22,34,39,42H,4,8,10,12-13,15,17H2,1-3H3/b27-20+/t21-,22-,34-,36+/m0/s1. The van der Waals surface area contributed by atoms with Crippen LogP contribution < -0.4 is 24.8 Å². The summed E-state index contributed by atoms with van der Waals surface area (Å²) in [6, 6.07) is 5.84. The number of aldehydes is 1. The van der Waals surface area contributed by atoms with Gasteiger partial charge in [-0.3, -0.25) is 14.6 Å². The van der Waals surface area contributed by atoms with Gasteiger partial charge in [0.2, 0.25) is 5.76 Å². The molecule has 0 spiro atoms. The van der Waals surface area contributed by atoms with E-state index in [2.05, 4.69) is 4.99 Å². The van der Waals surface area contributed by atoms with Crippen LogP contribution in [0.4, 0.5) is 0 Å². The Morgan fingerprint density at radius 3 is 2.80 bits per heavy atom. The van der Waals surface area contributed by atoms with Crippen LogP contribution in [0.25, 0.3) is 11.6 Å². The molecule has 1 fully saturated rings. The number of carbonyl (C=O) groups is 3. The highest BCUT2D eigenvalue weighted by Crippen LogP contribution is 2.60. The lowest BCUT2D eigenvalue weighted by atomic mass is 9.74. The molecule has 1 saturated carbocycles. The predicted molar refractivity (Wildman–Crippen MR) is 166 cm³/mol. The average Bonchev–Trinajstić information content (AvgIpc) is 3.68. The number of rotatable bonds is 6. The molecule has 3 heterocycles. The van der Waals surface area contributed by atoms with E-state index in [0.717, 1.165) is 21.7 Å². The number of benzene rings is 2. The number of ether oxygens (including phenoxy) is 4. The van der Waals surface area contributed by atoms with Gasteiger partial charge in [0.05, 0.1) is 48.9 Å². The van der Waals surface area contributed by atoms with Crippen molar-refractivity contribution in [3.8, 4) is 17.2 Å². The molecule has 7 rings (SSSR count). The number of methoxy groups -OCH3 is 1. The second-order valence-corrected chi connectivity index (χ2v) is 12.4. The van der Waals surface area contributed by atoms with E-state index >= 15 is 0 Å². The summed E-state index contributed by atoms with van der Waals surface area (Å²) in [5.74, 6) is -1.20. The van der Waals surface area contributed by atoms with Crippen molar-refractivity contribution in [2.75, 3.05) is 20.3 Å². The third kappa shape index (κ3) is 4.53. The zero-order chi connectivity index (χ0) is 32.3. The van der Waals surface area contributed by atoms with Crippen molar-refractivity contribution in [2.24, 2.45) is 4.99 Å². The van der Waals surface area contributed by atoms with Crippen molar-refractivity contribution in [1.82, 2.24) is 0 Å². The van der Waals surface area contributed by atoms with E-state index in [4.69, 9.17) is 18.9 Å². The number of allylic oxidation sites excluding steroid dienone is 3. The molecule has 2 N–H and O–H groups in total. The van der Waals surface area contributed by atoms with Crippen LogP contribution in [0.3, 0.4) is 0 Å². The van der Waals surface area contributed by atoms with Gasteiger partial charge in [0.15, 0.2) is 6.29 Å². The van der Waals surface area contributed by atoms with Gasteiger partial charge < -0.3 is 29.2 Å². The highest BCUT2D eigenvalue weighted by molar-refractivity contribution is 6.11. The molecule has 10 nitrogen and oxygen atoms in total. The summed E-state index contributed by atoms with van der Waals surface area (Å²) in [6.07, 6.45) is 7.00. The molecular weight excluding hydrogens is 590 g/mol. The van der Waals surface area contributed by atoms with Crippen LogP contribution in [0.2, 0.25) is 0 Å². The first-order valence-electron chi connectivity index (χ1n) is 15.6. The maximum Gasteiger partial charge on any atom is 0.375 e. The summed E-state index contributed by atoms with van der Waals surface area (Å²) in [4.78, 5) is 44.2.